The number of nitrogens with zero attached hydrogens (tertiary/aromatic N) is 3. The number of ether oxygens (including phenoxy) is 2. The summed E-state index contributed by atoms with van der Waals surface area (Å²) in [4.78, 5) is 9.64. The first-order chi connectivity index (χ1) is 10.8. The van der Waals surface area contributed by atoms with Crippen LogP contribution in [0.1, 0.15) is 0 Å². The summed E-state index contributed by atoms with van der Waals surface area (Å²) in [5, 5.41) is 1.10. The van der Waals surface area contributed by atoms with Crippen molar-refractivity contribution in [1.82, 2.24) is 4.98 Å². The molecule has 0 unspecified atom stereocenters. The average Bonchev–Trinajstić information content (AvgIpc) is 2.99. The molecule has 0 atom stereocenters. The number of hydrogen-bond donors (Lipinski definition) is 0. The highest BCUT2D eigenvalue weighted by molar-refractivity contribution is 9.10. The molecule has 0 radical (unpaired) electrons. The summed E-state index contributed by atoms with van der Waals surface area (Å²) in [6, 6.07) is 4.34. The third-order valence-corrected chi connectivity index (χ3v) is 5.58. The number of benzene rings is 1. The van der Waals surface area contributed by atoms with Gasteiger partial charge in [-0.1, -0.05) is 27.3 Å². The van der Waals surface area contributed by atoms with Gasteiger partial charge >= 0.3 is 0 Å². The number of halogens is 1. The van der Waals surface area contributed by atoms with Crippen molar-refractivity contribution in [3.8, 4) is 0 Å². The Labute approximate surface area is 141 Å². The van der Waals surface area contributed by atoms with Crippen molar-refractivity contribution >= 4 is 48.3 Å². The van der Waals surface area contributed by atoms with Gasteiger partial charge in [-0.2, -0.15) is 0 Å². The molecule has 1 aromatic heterocycles. The Kier molecular flexibility index (Phi) is 4.21. The third kappa shape index (κ3) is 2.82. The van der Waals surface area contributed by atoms with E-state index in [1.165, 1.54) is 10.4 Å². The number of anilines is 2. The van der Waals surface area contributed by atoms with Gasteiger partial charge in [-0.15, -0.1) is 0 Å². The fraction of sp³-hybridized carbons (Fsp3) is 0.533. The monoisotopic (exact) mass is 383 g/mol. The van der Waals surface area contributed by atoms with Gasteiger partial charge in [-0.05, 0) is 12.1 Å². The fourth-order valence-corrected chi connectivity index (χ4v) is 4.58. The van der Waals surface area contributed by atoms with Gasteiger partial charge in [0.15, 0.2) is 5.13 Å². The smallest absolute Gasteiger partial charge is 0.186 e. The summed E-state index contributed by atoms with van der Waals surface area (Å²) in [5.74, 6) is 0. The fourth-order valence-electron chi connectivity index (χ4n) is 2.90. The zero-order chi connectivity index (χ0) is 14.9. The molecule has 0 N–H and O–H groups in total. The molecule has 118 valence electrons. The maximum atomic E-state index is 5.47. The predicted octanol–water partition coefficient (Wildman–Crippen LogP) is 2.73. The van der Waals surface area contributed by atoms with E-state index in [-0.39, 0.29) is 0 Å². The van der Waals surface area contributed by atoms with Crippen LogP contribution in [0.4, 0.5) is 10.8 Å². The lowest BCUT2D eigenvalue weighted by Gasteiger charge is -2.29. The van der Waals surface area contributed by atoms with Crippen LogP contribution in [0.25, 0.3) is 10.2 Å². The molecule has 2 saturated heterocycles. The van der Waals surface area contributed by atoms with E-state index < -0.39 is 0 Å². The molecule has 7 heteroatoms. The number of aromatic nitrogens is 1. The van der Waals surface area contributed by atoms with E-state index in [4.69, 9.17) is 14.5 Å². The average molecular weight is 384 g/mol. The summed E-state index contributed by atoms with van der Waals surface area (Å²) in [7, 11) is 0. The van der Waals surface area contributed by atoms with Crippen molar-refractivity contribution in [1.29, 1.82) is 0 Å². The summed E-state index contributed by atoms with van der Waals surface area (Å²) in [6.45, 7) is 6.85. The first-order valence-electron chi connectivity index (χ1n) is 7.57. The molecular formula is C15H18BrN3O2S. The molecule has 22 heavy (non-hydrogen) atoms. The van der Waals surface area contributed by atoms with Crippen LogP contribution in [-0.2, 0) is 9.47 Å². The van der Waals surface area contributed by atoms with Gasteiger partial charge in [0.1, 0.15) is 5.52 Å². The number of morpholine rings is 2. The van der Waals surface area contributed by atoms with E-state index in [0.717, 1.165) is 67.7 Å². The molecular weight excluding hydrogens is 366 g/mol. The Morgan fingerprint density at radius 3 is 2.27 bits per heavy atom. The second-order valence-electron chi connectivity index (χ2n) is 5.47. The molecule has 2 aromatic rings. The standard InChI is InChI=1S/C15H18BrN3O2S/c16-11-9-12(18-1-5-20-6-2-18)14-13(10-11)22-15(17-14)19-3-7-21-8-4-19/h9-10H,1-8H2. The normalized spacial score (nSPS) is 19.9. The highest BCUT2D eigenvalue weighted by atomic mass is 79.9. The van der Waals surface area contributed by atoms with Gasteiger partial charge in [0.05, 0.1) is 36.8 Å². The van der Waals surface area contributed by atoms with E-state index in [1.807, 2.05) is 0 Å². The minimum absolute atomic E-state index is 0.786. The lowest BCUT2D eigenvalue weighted by atomic mass is 10.2. The summed E-state index contributed by atoms with van der Waals surface area (Å²) < 4.78 is 13.3. The summed E-state index contributed by atoms with van der Waals surface area (Å²) >= 11 is 5.41. The van der Waals surface area contributed by atoms with Gasteiger partial charge in [-0.25, -0.2) is 4.98 Å². The first-order valence-corrected chi connectivity index (χ1v) is 9.18. The first kappa shape index (κ1) is 14.7. The van der Waals surface area contributed by atoms with Crippen molar-refractivity contribution in [2.45, 2.75) is 0 Å². The van der Waals surface area contributed by atoms with Gasteiger partial charge in [0.2, 0.25) is 0 Å². The highest BCUT2D eigenvalue weighted by Gasteiger charge is 2.20. The Hall–Kier alpha value is -0.890. The Morgan fingerprint density at radius 1 is 0.955 bits per heavy atom. The van der Waals surface area contributed by atoms with Crippen molar-refractivity contribution in [2.24, 2.45) is 0 Å². The second kappa shape index (κ2) is 6.31. The molecule has 3 heterocycles. The van der Waals surface area contributed by atoms with Crippen LogP contribution < -0.4 is 9.80 Å². The van der Waals surface area contributed by atoms with E-state index in [2.05, 4.69) is 37.9 Å². The van der Waals surface area contributed by atoms with Crippen LogP contribution in [0.3, 0.4) is 0 Å². The second-order valence-corrected chi connectivity index (χ2v) is 7.39. The SMILES string of the molecule is Brc1cc(N2CCOCC2)c2nc(N3CCOCC3)sc2c1. The largest absolute Gasteiger partial charge is 0.378 e. The molecule has 0 aliphatic carbocycles. The van der Waals surface area contributed by atoms with Crippen LogP contribution >= 0.6 is 27.3 Å². The molecule has 4 rings (SSSR count). The van der Waals surface area contributed by atoms with Gasteiger partial charge in [-0.3, -0.25) is 0 Å². The van der Waals surface area contributed by atoms with Crippen molar-refractivity contribution in [3.05, 3.63) is 16.6 Å². The molecule has 2 aliphatic heterocycles. The Morgan fingerprint density at radius 2 is 1.59 bits per heavy atom. The Balaban J connectivity index is 1.73. The molecule has 5 nitrogen and oxygen atoms in total. The lowest BCUT2D eigenvalue weighted by Crippen LogP contribution is -2.36. The minimum atomic E-state index is 0.786. The molecule has 0 amide bonds. The van der Waals surface area contributed by atoms with Gasteiger partial charge in [0, 0.05) is 30.7 Å². The number of hydrogen-bond acceptors (Lipinski definition) is 6. The number of fused-ring (bicyclic) bond motifs is 1. The topological polar surface area (TPSA) is 37.8 Å². The molecule has 1 aromatic carbocycles. The van der Waals surface area contributed by atoms with Gasteiger partial charge in [0.25, 0.3) is 0 Å². The van der Waals surface area contributed by atoms with Crippen LogP contribution in [-0.4, -0.2) is 57.6 Å². The number of thiazole rings is 1. The number of rotatable bonds is 2. The highest BCUT2D eigenvalue weighted by Crippen LogP contribution is 2.37. The van der Waals surface area contributed by atoms with E-state index in [9.17, 15) is 0 Å². The zero-order valence-corrected chi connectivity index (χ0v) is 14.7. The quantitative estimate of drug-likeness (QED) is 0.796. The van der Waals surface area contributed by atoms with Gasteiger partial charge < -0.3 is 19.3 Å². The van der Waals surface area contributed by atoms with Crippen LogP contribution in [0, 0.1) is 0 Å². The predicted molar refractivity (Wildman–Crippen MR) is 93.4 cm³/mol. The van der Waals surface area contributed by atoms with E-state index in [0.29, 0.717) is 0 Å². The van der Waals surface area contributed by atoms with Crippen LogP contribution in [0.2, 0.25) is 0 Å². The zero-order valence-electron chi connectivity index (χ0n) is 12.3. The summed E-state index contributed by atoms with van der Waals surface area (Å²) in [6.07, 6.45) is 0. The van der Waals surface area contributed by atoms with Crippen LogP contribution in [0.5, 0.6) is 0 Å². The van der Waals surface area contributed by atoms with Crippen LogP contribution in [0.15, 0.2) is 16.6 Å². The maximum Gasteiger partial charge on any atom is 0.186 e. The molecule has 2 aliphatic rings. The maximum absolute atomic E-state index is 5.47. The van der Waals surface area contributed by atoms with Crippen molar-refractivity contribution in [3.63, 3.8) is 0 Å². The summed E-state index contributed by atoms with van der Waals surface area (Å²) in [5.41, 5.74) is 2.32. The van der Waals surface area contributed by atoms with Crippen molar-refractivity contribution < 1.29 is 9.47 Å². The van der Waals surface area contributed by atoms with Crippen molar-refractivity contribution in [2.75, 3.05) is 62.4 Å². The molecule has 0 saturated carbocycles. The molecule has 2 fully saturated rings. The lowest BCUT2D eigenvalue weighted by molar-refractivity contribution is 0.122. The third-order valence-electron chi connectivity index (χ3n) is 4.06. The molecule has 0 bridgehead atoms. The van der Waals surface area contributed by atoms with E-state index in [1.54, 1.807) is 11.3 Å². The Bertz CT molecular complexity index is 666. The minimum Gasteiger partial charge on any atom is -0.378 e. The van der Waals surface area contributed by atoms with E-state index >= 15 is 0 Å². The molecule has 0 spiro atoms.